The smallest absolute Gasteiger partial charge is 0 e. The molecule has 0 aromatic heterocycles. The van der Waals surface area contributed by atoms with Crippen molar-refractivity contribution in [2.24, 2.45) is 0 Å². The molecule has 0 amide bonds. The molecule has 0 unspecified atom stereocenters. The van der Waals surface area contributed by atoms with E-state index in [2.05, 4.69) is 30.0 Å². The molecular weight excluding hydrogens is 2280 g/mol. The second-order valence-corrected chi connectivity index (χ2v) is 2.38. The summed E-state index contributed by atoms with van der Waals surface area (Å²) in [6.07, 6.45) is 0. The monoisotopic (exact) mass is 2290 g/mol. The van der Waals surface area contributed by atoms with Crippen LogP contribution in [0.2, 0.25) is 0 Å². The van der Waals surface area contributed by atoms with E-state index in [-0.39, 0.29) is 264 Å². The van der Waals surface area contributed by atoms with Crippen LogP contribution in [0.5, 0.6) is 5.75 Å². The summed E-state index contributed by atoms with van der Waals surface area (Å²) >= 11 is 0. The summed E-state index contributed by atoms with van der Waals surface area (Å²) in [5.41, 5.74) is 0. The molecule has 26 heavy (non-hydrogen) atoms. The van der Waals surface area contributed by atoms with Crippen LogP contribution < -0.4 is 4.74 Å². The van der Waals surface area contributed by atoms with E-state index in [0.29, 0.717) is 0 Å². The Morgan fingerprint density at radius 1 is 0.500 bits per heavy atom. The number of ether oxygens (including phenoxy) is 1. The van der Waals surface area contributed by atoms with Crippen LogP contribution in [0.25, 0.3) is 0 Å². The molecule has 0 heterocycles. The third kappa shape index (κ3) is 52.7. The van der Waals surface area contributed by atoms with Crippen LogP contribution in [0.4, 0.5) is 0 Å². The summed E-state index contributed by atoms with van der Waals surface area (Å²) in [4.78, 5) is 0. The summed E-state index contributed by atoms with van der Waals surface area (Å²) in [5.74, 6) is 0.767. The third-order valence-electron chi connectivity index (χ3n) is 1.41. The van der Waals surface area contributed by atoms with Gasteiger partial charge in [0, 0.05) is 264 Å². The minimum atomic E-state index is 0. The second kappa shape index (κ2) is 63.5. The van der Waals surface area contributed by atoms with Gasteiger partial charge in [0.1, 0.15) is 0 Å². The molecule has 0 atom stereocenters. The Labute approximate surface area is 341 Å². The molecule has 13 heteroatoms. The predicted molar refractivity (Wildman–Crippen MR) is 55.4 cm³/mol. The van der Waals surface area contributed by atoms with E-state index < -0.39 is 0 Å². The van der Waals surface area contributed by atoms with Crippen LogP contribution in [0.15, 0.2) is 48.5 Å². The Kier molecular flexibility index (Phi) is 187. The minimum Gasteiger partial charge on any atom is -0.683 e. The first-order valence-electron chi connectivity index (χ1n) is 4.14. The molecule has 0 aliphatic carbocycles. The zero-order valence-electron chi connectivity index (χ0n) is 12.8. The van der Waals surface area contributed by atoms with Gasteiger partial charge in [-0.1, -0.05) is 0 Å². The van der Waals surface area contributed by atoms with E-state index >= 15 is 0 Å². The molecule has 1 nitrogen and oxygen atoms in total. The number of hydrogen-bond acceptors (Lipinski definition) is 1. The first-order chi connectivity index (χ1) is 6.93. The van der Waals surface area contributed by atoms with Crippen molar-refractivity contribution in [3.05, 3.63) is 73.8 Å². The predicted octanol–water partition coefficient (Wildman–Crippen LogP) is 2.91. The maximum absolute atomic E-state index is 4.64. The molecule has 0 N–H and O–H groups in total. The zero-order valence-corrected chi connectivity index (χ0v) is 47.9. The van der Waals surface area contributed by atoms with Crippen molar-refractivity contribution in [2.45, 2.75) is 0 Å². The molecule has 0 aliphatic heterocycles. The van der Waals surface area contributed by atoms with E-state index in [4.69, 9.17) is 0 Å². The van der Waals surface area contributed by atoms with Crippen LogP contribution >= 0.6 is 0 Å². The van der Waals surface area contributed by atoms with Crippen molar-refractivity contribution < 1.29 is 269 Å². The van der Waals surface area contributed by atoms with E-state index in [0.717, 1.165) is 5.75 Å². The van der Waals surface area contributed by atoms with Crippen molar-refractivity contribution in [1.29, 1.82) is 0 Å². The van der Waals surface area contributed by atoms with Crippen molar-refractivity contribution in [1.82, 2.24) is 0 Å². The van der Waals surface area contributed by atoms with Crippen LogP contribution in [0.3, 0.4) is 0 Å². The van der Waals surface area contributed by atoms with Gasteiger partial charge in [0.25, 0.3) is 0 Å². The van der Waals surface area contributed by atoms with E-state index in [9.17, 15) is 0 Å². The van der Waals surface area contributed by atoms with Crippen molar-refractivity contribution in [3.8, 4) is 5.75 Å². The van der Waals surface area contributed by atoms with Crippen LogP contribution in [-0.2, 0) is 264 Å². The standard InChI is InChI=1S/C7H6O.C6H4.11W.Y/c1-8-7-5-3-2-4-6-7;1-2-4-6-5-3-1;;;;;;;;;;;;/h3-6H,1H2;1-2,5-6H;;;;;;;;;;;;/q2*-2;;;;;;;;;;;;. The van der Waals surface area contributed by atoms with Crippen molar-refractivity contribution >= 4 is 0 Å². The fraction of sp³-hybridized carbons (Fsp3) is 0. The Bertz CT molecular complexity index is 320. The van der Waals surface area contributed by atoms with E-state index in [1.165, 1.54) is 0 Å². The molecule has 0 spiro atoms. The molecule has 2 rings (SSSR count). The molecular formula is C13H10OW11Y-4. The molecule has 0 saturated carbocycles. The number of benzene rings is 2. The van der Waals surface area contributed by atoms with Gasteiger partial charge in [-0.15, -0.1) is 12.1 Å². The van der Waals surface area contributed by atoms with Gasteiger partial charge in [-0.05, 0) is 5.75 Å². The Morgan fingerprint density at radius 2 is 0.731 bits per heavy atom. The SMILES string of the molecule is [CH2-]Oc1cc[c-]cc1.[W].[W].[W].[W].[W].[W].[W].[W].[W].[W].[W].[Y].[c-]1cc[c-]cc1. The summed E-state index contributed by atoms with van der Waals surface area (Å²) in [6.45, 7) is 0. The molecule has 0 saturated heterocycles. The summed E-state index contributed by atoms with van der Waals surface area (Å²) < 4.78 is 4.64. The number of hydrogen-bond donors (Lipinski definition) is 0. The Balaban J connectivity index is -0.0000000104. The molecule has 0 aliphatic rings. The molecule has 0 bridgehead atoms. The fourth-order valence-corrected chi connectivity index (χ4v) is 0.771. The normalized spacial score (nSPS) is 4.50. The second-order valence-electron chi connectivity index (χ2n) is 2.38. The molecule has 2 aromatic carbocycles. The molecule has 141 valence electrons. The fourth-order valence-electron chi connectivity index (χ4n) is 0.771. The van der Waals surface area contributed by atoms with Gasteiger partial charge in [-0.25, -0.2) is 0 Å². The molecule has 0 fully saturated rings. The first kappa shape index (κ1) is 76.6. The zero-order chi connectivity index (χ0) is 10.1. The van der Waals surface area contributed by atoms with Crippen molar-refractivity contribution in [3.63, 3.8) is 0 Å². The Hall–Kier alpha value is 6.92. The average Bonchev–Trinajstić information content (AvgIpc) is 2.33. The number of rotatable bonds is 1. The quantitative estimate of drug-likeness (QED) is 0.400. The van der Waals surface area contributed by atoms with Gasteiger partial charge < -0.3 is 16.9 Å². The van der Waals surface area contributed by atoms with Gasteiger partial charge in [-0.3, -0.25) is 24.3 Å². The van der Waals surface area contributed by atoms with E-state index in [1.54, 1.807) is 24.3 Å². The maximum atomic E-state index is 4.64. The molecule has 2 aromatic rings. The van der Waals surface area contributed by atoms with Crippen LogP contribution in [-0.4, -0.2) is 0 Å². The minimum absolute atomic E-state index is 0. The average molecular weight is 2290 g/mol. The summed E-state index contributed by atoms with van der Waals surface area (Å²) in [7, 11) is 3.24. The summed E-state index contributed by atoms with van der Waals surface area (Å²) in [5, 5.41) is 0. The van der Waals surface area contributed by atoms with Crippen LogP contribution in [0, 0.1) is 25.3 Å². The Morgan fingerprint density at radius 3 is 0.885 bits per heavy atom. The topological polar surface area (TPSA) is 9.23 Å². The maximum Gasteiger partial charge on any atom is 0 e. The molecule has 1 radical (unpaired) electrons. The van der Waals surface area contributed by atoms with E-state index in [1.807, 2.05) is 24.3 Å². The van der Waals surface area contributed by atoms with Gasteiger partial charge in [0.05, 0.1) is 0 Å². The summed E-state index contributed by atoms with van der Waals surface area (Å²) in [6, 6.07) is 23.0. The van der Waals surface area contributed by atoms with Gasteiger partial charge in [0.15, 0.2) is 0 Å². The van der Waals surface area contributed by atoms with Crippen LogP contribution in [0.1, 0.15) is 0 Å². The van der Waals surface area contributed by atoms with Crippen molar-refractivity contribution in [2.75, 3.05) is 0 Å². The van der Waals surface area contributed by atoms with Gasteiger partial charge in [-0.2, -0.15) is 25.3 Å². The largest absolute Gasteiger partial charge is 0.683 e. The van der Waals surface area contributed by atoms with Gasteiger partial charge >= 0.3 is 0 Å². The first-order valence-corrected chi connectivity index (χ1v) is 4.14. The van der Waals surface area contributed by atoms with Gasteiger partial charge in [0.2, 0.25) is 0 Å². The third-order valence-corrected chi connectivity index (χ3v) is 1.41.